The molecule has 0 aromatic heterocycles. The molecule has 2 rings (SSSR count). The van der Waals surface area contributed by atoms with Crippen LogP contribution >= 0.6 is 23.8 Å². The van der Waals surface area contributed by atoms with Crippen LogP contribution in [0.1, 0.15) is 11.1 Å². The molecule has 0 fully saturated rings. The van der Waals surface area contributed by atoms with Crippen molar-refractivity contribution in [1.29, 1.82) is 0 Å². The fraction of sp³-hybridized carbons (Fsp3) is 0.0588. The van der Waals surface area contributed by atoms with Crippen LogP contribution in [0.5, 0.6) is 0 Å². The number of rotatable bonds is 4. The number of aryl methyl sites for hydroxylation is 1. The van der Waals surface area contributed by atoms with Gasteiger partial charge >= 0.3 is 0 Å². The second-order valence-electron chi connectivity index (χ2n) is 5.05. The molecule has 0 saturated carbocycles. The number of anilines is 1. The number of carbonyl (C=O) groups excluding carboxylic acids is 1. The number of nitrogens with zero attached hydrogens (tertiary/aromatic N) is 1. The van der Waals surface area contributed by atoms with Crippen molar-refractivity contribution in [3.05, 3.63) is 74.8 Å². The molecule has 0 aliphatic rings. The van der Waals surface area contributed by atoms with Gasteiger partial charge in [-0.25, -0.2) is 0 Å². The Balaban J connectivity index is 1.97. The molecule has 25 heavy (non-hydrogen) atoms. The predicted octanol–water partition coefficient (Wildman–Crippen LogP) is 4.08. The highest BCUT2D eigenvalue weighted by molar-refractivity contribution is 7.80. The smallest absolute Gasteiger partial charge is 0.269 e. The van der Waals surface area contributed by atoms with Crippen molar-refractivity contribution < 1.29 is 9.72 Å². The summed E-state index contributed by atoms with van der Waals surface area (Å²) in [4.78, 5) is 22.2. The molecule has 0 radical (unpaired) electrons. The van der Waals surface area contributed by atoms with Crippen molar-refractivity contribution in [2.24, 2.45) is 0 Å². The van der Waals surface area contributed by atoms with Crippen molar-refractivity contribution >= 4 is 52.3 Å². The zero-order chi connectivity index (χ0) is 18.4. The van der Waals surface area contributed by atoms with Crippen LogP contribution in [0.4, 0.5) is 11.4 Å². The Kier molecular flexibility index (Phi) is 6.21. The van der Waals surface area contributed by atoms with Crippen LogP contribution in [0.2, 0.25) is 5.02 Å². The molecular weight excluding hydrogens is 362 g/mol. The summed E-state index contributed by atoms with van der Waals surface area (Å²) in [5.41, 5.74) is 1.91. The lowest BCUT2D eigenvalue weighted by molar-refractivity contribution is -0.384. The fourth-order valence-corrected chi connectivity index (χ4v) is 2.39. The molecule has 0 bridgehead atoms. The minimum Gasteiger partial charge on any atom is -0.332 e. The van der Waals surface area contributed by atoms with Gasteiger partial charge in [-0.15, -0.1) is 0 Å². The summed E-state index contributed by atoms with van der Waals surface area (Å²) in [6, 6.07) is 11.4. The maximum absolute atomic E-state index is 11.9. The van der Waals surface area contributed by atoms with Crippen LogP contribution in [0.25, 0.3) is 6.08 Å². The second kappa shape index (κ2) is 8.36. The van der Waals surface area contributed by atoms with E-state index in [1.54, 1.807) is 31.2 Å². The maximum Gasteiger partial charge on any atom is 0.269 e. The van der Waals surface area contributed by atoms with E-state index >= 15 is 0 Å². The number of nitrogens with one attached hydrogen (secondary N) is 2. The molecule has 2 N–H and O–H groups in total. The molecule has 0 aliphatic heterocycles. The Morgan fingerprint density at radius 2 is 2.00 bits per heavy atom. The van der Waals surface area contributed by atoms with E-state index in [0.717, 1.165) is 0 Å². The quantitative estimate of drug-likeness (QED) is 0.364. The Bertz CT molecular complexity index is 868. The van der Waals surface area contributed by atoms with E-state index < -0.39 is 10.8 Å². The zero-order valence-corrected chi connectivity index (χ0v) is 14.7. The molecular formula is C17H14ClN3O3S. The summed E-state index contributed by atoms with van der Waals surface area (Å²) >= 11 is 11.1. The molecule has 2 aromatic rings. The average molecular weight is 376 g/mol. The standard InChI is InChI=1S/C17H14ClN3O3S/c1-11-10-13(21(23)24)7-8-15(11)19-17(25)20-16(22)9-6-12-4-2-3-5-14(12)18/h2-10H,1H3,(H2,19,20,22,25)/b9-6+. The van der Waals surface area contributed by atoms with Crippen molar-refractivity contribution in [2.45, 2.75) is 6.92 Å². The molecule has 0 unspecified atom stereocenters. The molecule has 1 amide bonds. The Morgan fingerprint density at radius 1 is 1.28 bits per heavy atom. The highest BCUT2D eigenvalue weighted by Gasteiger charge is 2.09. The van der Waals surface area contributed by atoms with Gasteiger partial charge in [-0.3, -0.25) is 20.2 Å². The van der Waals surface area contributed by atoms with E-state index in [4.69, 9.17) is 23.8 Å². The van der Waals surface area contributed by atoms with Crippen LogP contribution in [0.15, 0.2) is 48.5 Å². The molecule has 0 spiro atoms. The Hall–Kier alpha value is -2.77. The topological polar surface area (TPSA) is 84.3 Å². The first kappa shape index (κ1) is 18.6. The van der Waals surface area contributed by atoms with Crippen LogP contribution in [0.3, 0.4) is 0 Å². The monoisotopic (exact) mass is 375 g/mol. The molecule has 128 valence electrons. The summed E-state index contributed by atoms with van der Waals surface area (Å²) in [7, 11) is 0. The second-order valence-corrected chi connectivity index (χ2v) is 5.87. The van der Waals surface area contributed by atoms with Crippen LogP contribution in [0, 0.1) is 17.0 Å². The van der Waals surface area contributed by atoms with Gasteiger partial charge in [-0.1, -0.05) is 29.8 Å². The number of thiocarbonyl (C=S) groups is 1. The van der Waals surface area contributed by atoms with Crippen LogP contribution < -0.4 is 10.6 Å². The molecule has 0 aliphatic carbocycles. The van der Waals surface area contributed by atoms with Gasteiger partial charge in [0.15, 0.2) is 5.11 Å². The van der Waals surface area contributed by atoms with Gasteiger partial charge in [-0.2, -0.15) is 0 Å². The number of nitro benzene ring substituents is 1. The lowest BCUT2D eigenvalue weighted by Gasteiger charge is -2.10. The number of amides is 1. The minimum atomic E-state index is -0.476. The van der Waals surface area contributed by atoms with Crippen LogP contribution in [-0.4, -0.2) is 15.9 Å². The van der Waals surface area contributed by atoms with E-state index in [-0.39, 0.29) is 10.8 Å². The van der Waals surface area contributed by atoms with E-state index in [2.05, 4.69) is 10.6 Å². The first-order valence-electron chi connectivity index (χ1n) is 7.16. The number of hydrogen-bond donors (Lipinski definition) is 2. The first-order valence-corrected chi connectivity index (χ1v) is 7.95. The Labute approximate surface area is 154 Å². The third-order valence-corrected chi connectivity index (χ3v) is 3.77. The molecule has 8 heteroatoms. The van der Waals surface area contributed by atoms with E-state index in [0.29, 0.717) is 21.8 Å². The first-order chi connectivity index (χ1) is 11.9. The number of hydrogen-bond acceptors (Lipinski definition) is 4. The van der Waals surface area contributed by atoms with Crippen molar-refractivity contribution in [3.8, 4) is 0 Å². The number of carbonyl (C=O) groups is 1. The third-order valence-electron chi connectivity index (χ3n) is 3.23. The molecule has 0 heterocycles. The van der Waals surface area contributed by atoms with Crippen molar-refractivity contribution in [1.82, 2.24) is 5.32 Å². The van der Waals surface area contributed by atoms with E-state index in [1.165, 1.54) is 24.3 Å². The largest absolute Gasteiger partial charge is 0.332 e. The van der Waals surface area contributed by atoms with Gasteiger partial charge in [0, 0.05) is 28.9 Å². The summed E-state index contributed by atoms with van der Waals surface area (Å²) in [5.74, 6) is -0.419. The van der Waals surface area contributed by atoms with Crippen molar-refractivity contribution in [3.63, 3.8) is 0 Å². The summed E-state index contributed by atoms with van der Waals surface area (Å²) in [5, 5.41) is 16.7. The van der Waals surface area contributed by atoms with Gasteiger partial charge in [0.2, 0.25) is 5.91 Å². The van der Waals surface area contributed by atoms with Gasteiger partial charge in [0.25, 0.3) is 5.69 Å². The molecule has 6 nitrogen and oxygen atoms in total. The maximum atomic E-state index is 11.9. The number of halogens is 1. The molecule has 2 aromatic carbocycles. The lowest BCUT2D eigenvalue weighted by Crippen LogP contribution is -2.33. The van der Waals surface area contributed by atoms with Crippen molar-refractivity contribution in [2.75, 3.05) is 5.32 Å². The van der Waals surface area contributed by atoms with E-state index in [1.807, 2.05) is 6.07 Å². The van der Waals surface area contributed by atoms with E-state index in [9.17, 15) is 14.9 Å². The summed E-state index contributed by atoms with van der Waals surface area (Å²) in [6.07, 6.45) is 2.90. The highest BCUT2D eigenvalue weighted by atomic mass is 35.5. The van der Waals surface area contributed by atoms with Gasteiger partial charge < -0.3 is 5.32 Å². The SMILES string of the molecule is Cc1cc([N+](=O)[O-])ccc1NC(=S)NC(=O)/C=C/c1ccccc1Cl. The number of nitro groups is 1. The average Bonchev–Trinajstić information content (AvgIpc) is 2.55. The Morgan fingerprint density at radius 3 is 2.64 bits per heavy atom. The van der Waals surface area contributed by atoms with Gasteiger partial charge in [-0.05, 0) is 48.5 Å². The number of non-ortho nitro benzene ring substituents is 1. The molecule has 0 saturated heterocycles. The summed E-state index contributed by atoms with van der Waals surface area (Å²) in [6.45, 7) is 1.71. The zero-order valence-electron chi connectivity index (χ0n) is 13.2. The number of benzene rings is 2. The highest BCUT2D eigenvalue weighted by Crippen LogP contribution is 2.21. The predicted molar refractivity (Wildman–Crippen MR) is 103 cm³/mol. The fourth-order valence-electron chi connectivity index (χ4n) is 1.98. The minimum absolute atomic E-state index is 0.0133. The third kappa shape index (κ3) is 5.37. The lowest BCUT2D eigenvalue weighted by atomic mass is 10.2. The van der Waals surface area contributed by atoms with Gasteiger partial charge in [0.05, 0.1) is 4.92 Å². The van der Waals surface area contributed by atoms with Crippen LogP contribution in [-0.2, 0) is 4.79 Å². The molecule has 0 atom stereocenters. The van der Waals surface area contributed by atoms with Gasteiger partial charge in [0.1, 0.15) is 0 Å². The normalized spacial score (nSPS) is 10.5. The summed E-state index contributed by atoms with van der Waals surface area (Å²) < 4.78 is 0.